The van der Waals surface area contributed by atoms with Crippen molar-refractivity contribution >= 4 is 5.69 Å². The van der Waals surface area contributed by atoms with Gasteiger partial charge in [0.15, 0.2) is 0 Å². The number of hydrogen-bond acceptors (Lipinski definition) is 3. The minimum absolute atomic E-state index is 0.0918. The van der Waals surface area contributed by atoms with E-state index in [0.29, 0.717) is 12.1 Å². The fourth-order valence-electron chi connectivity index (χ4n) is 4.05. The van der Waals surface area contributed by atoms with E-state index in [9.17, 15) is 5.11 Å². The zero-order valence-corrected chi connectivity index (χ0v) is 13.3. The lowest BCUT2D eigenvalue weighted by molar-refractivity contribution is 0.126. The number of piperidine rings is 1. The molecular formula is C18H28N2O. The standard InChI is InChI=1S/C18H28N2O/c1-3-8-19-12-14-9-13(2)4-7-18(14)20-15-5-6-16(20)11-17(21)10-15/h4,7,9,15-17,19,21H,3,5-6,8,10-12H2,1-2H3. The first-order valence-electron chi connectivity index (χ1n) is 8.45. The lowest BCUT2D eigenvalue weighted by Crippen LogP contribution is -2.45. The molecule has 2 saturated heterocycles. The normalized spacial score (nSPS) is 28.1. The lowest BCUT2D eigenvalue weighted by atomic mass is 9.97. The molecule has 1 aromatic carbocycles. The van der Waals surface area contributed by atoms with E-state index in [0.717, 1.165) is 25.9 Å². The molecule has 3 rings (SSSR count). The van der Waals surface area contributed by atoms with E-state index in [1.165, 1.54) is 36.1 Å². The zero-order chi connectivity index (χ0) is 14.8. The highest BCUT2D eigenvalue weighted by molar-refractivity contribution is 5.58. The molecule has 2 unspecified atom stereocenters. The molecule has 0 amide bonds. The third kappa shape index (κ3) is 3.09. The Hall–Kier alpha value is -1.06. The molecule has 0 spiro atoms. The third-order valence-corrected chi connectivity index (χ3v) is 4.96. The Bertz CT molecular complexity index is 474. The van der Waals surface area contributed by atoms with Crippen LogP contribution in [0.4, 0.5) is 5.69 Å². The Morgan fingerprint density at radius 3 is 2.62 bits per heavy atom. The van der Waals surface area contributed by atoms with Crippen molar-refractivity contribution in [3.8, 4) is 0 Å². The van der Waals surface area contributed by atoms with Crippen molar-refractivity contribution in [2.45, 2.75) is 70.7 Å². The quantitative estimate of drug-likeness (QED) is 0.818. The molecule has 0 saturated carbocycles. The molecule has 2 N–H and O–H groups in total. The minimum atomic E-state index is -0.0918. The largest absolute Gasteiger partial charge is 0.393 e. The Kier molecular flexibility index (Phi) is 4.51. The van der Waals surface area contributed by atoms with Gasteiger partial charge < -0.3 is 15.3 Å². The van der Waals surface area contributed by atoms with Crippen molar-refractivity contribution in [2.75, 3.05) is 11.4 Å². The number of hydrogen-bond donors (Lipinski definition) is 2. The molecule has 21 heavy (non-hydrogen) atoms. The van der Waals surface area contributed by atoms with Crippen LogP contribution in [0.3, 0.4) is 0 Å². The topological polar surface area (TPSA) is 35.5 Å². The molecule has 0 radical (unpaired) electrons. The van der Waals surface area contributed by atoms with Crippen molar-refractivity contribution in [1.29, 1.82) is 0 Å². The number of benzene rings is 1. The average molecular weight is 288 g/mol. The molecule has 2 heterocycles. The highest BCUT2D eigenvalue weighted by Crippen LogP contribution is 2.40. The van der Waals surface area contributed by atoms with Gasteiger partial charge in [0.2, 0.25) is 0 Å². The fourth-order valence-corrected chi connectivity index (χ4v) is 4.05. The van der Waals surface area contributed by atoms with Gasteiger partial charge in [0.05, 0.1) is 6.10 Å². The smallest absolute Gasteiger partial charge is 0.0579 e. The average Bonchev–Trinajstić information content (AvgIpc) is 2.72. The van der Waals surface area contributed by atoms with E-state index in [1.807, 2.05) is 0 Å². The van der Waals surface area contributed by atoms with E-state index in [-0.39, 0.29) is 6.10 Å². The predicted octanol–water partition coefficient (Wildman–Crippen LogP) is 2.99. The Balaban J connectivity index is 1.84. The SMILES string of the molecule is CCCNCc1cc(C)ccc1N1C2CCC1CC(O)C2. The van der Waals surface area contributed by atoms with Gasteiger partial charge in [-0.25, -0.2) is 0 Å². The van der Waals surface area contributed by atoms with Crippen LogP contribution in [0.5, 0.6) is 0 Å². The number of aryl methyl sites for hydroxylation is 1. The van der Waals surface area contributed by atoms with Crippen LogP contribution >= 0.6 is 0 Å². The second kappa shape index (κ2) is 6.37. The number of rotatable bonds is 5. The lowest BCUT2D eigenvalue weighted by Gasteiger charge is -2.40. The molecule has 2 fully saturated rings. The van der Waals surface area contributed by atoms with Crippen LogP contribution in [0.1, 0.15) is 50.2 Å². The molecular weight excluding hydrogens is 260 g/mol. The Morgan fingerprint density at radius 1 is 1.24 bits per heavy atom. The first kappa shape index (κ1) is 14.9. The summed E-state index contributed by atoms with van der Waals surface area (Å²) >= 11 is 0. The van der Waals surface area contributed by atoms with Gasteiger partial charge in [-0.2, -0.15) is 0 Å². The summed E-state index contributed by atoms with van der Waals surface area (Å²) < 4.78 is 0. The van der Waals surface area contributed by atoms with Gasteiger partial charge in [-0.1, -0.05) is 24.6 Å². The van der Waals surface area contributed by atoms with Gasteiger partial charge in [-0.05, 0) is 57.2 Å². The zero-order valence-electron chi connectivity index (χ0n) is 13.3. The molecule has 2 aliphatic heterocycles. The summed E-state index contributed by atoms with van der Waals surface area (Å²) in [6.45, 7) is 6.39. The van der Waals surface area contributed by atoms with Crippen molar-refractivity contribution in [1.82, 2.24) is 5.32 Å². The summed E-state index contributed by atoms with van der Waals surface area (Å²) in [6, 6.07) is 7.91. The van der Waals surface area contributed by atoms with E-state index < -0.39 is 0 Å². The Labute approximate surface area is 128 Å². The monoisotopic (exact) mass is 288 g/mol. The number of aliphatic hydroxyl groups is 1. The molecule has 1 aromatic rings. The van der Waals surface area contributed by atoms with Gasteiger partial charge in [0.25, 0.3) is 0 Å². The van der Waals surface area contributed by atoms with Crippen LogP contribution in [0.2, 0.25) is 0 Å². The van der Waals surface area contributed by atoms with Crippen molar-refractivity contribution < 1.29 is 5.11 Å². The third-order valence-electron chi connectivity index (χ3n) is 4.96. The summed E-state index contributed by atoms with van der Waals surface area (Å²) in [6.07, 6.45) is 5.42. The first-order valence-corrected chi connectivity index (χ1v) is 8.45. The molecule has 2 bridgehead atoms. The van der Waals surface area contributed by atoms with Crippen LogP contribution in [0.25, 0.3) is 0 Å². The summed E-state index contributed by atoms with van der Waals surface area (Å²) in [5.41, 5.74) is 4.14. The van der Waals surface area contributed by atoms with Crippen LogP contribution in [-0.2, 0) is 6.54 Å². The van der Waals surface area contributed by atoms with Gasteiger partial charge in [-0.15, -0.1) is 0 Å². The summed E-state index contributed by atoms with van der Waals surface area (Å²) in [5, 5.41) is 13.5. The molecule has 3 nitrogen and oxygen atoms in total. The summed E-state index contributed by atoms with van der Waals surface area (Å²) in [5.74, 6) is 0. The van der Waals surface area contributed by atoms with Crippen molar-refractivity contribution in [3.63, 3.8) is 0 Å². The van der Waals surface area contributed by atoms with Gasteiger partial charge in [-0.3, -0.25) is 0 Å². The summed E-state index contributed by atoms with van der Waals surface area (Å²) in [7, 11) is 0. The minimum Gasteiger partial charge on any atom is -0.393 e. The Morgan fingerprint density at radius 2 is 1.95 bits per heavy atom. The van der Waals surface area contributed by atoms with Crippen molar-refractivity contribution in [3.05, 3.63) is 29.3 Å². The van der Waals surface area contributed by atoms with Crippen LogP contribution in [0, 0.1) is 6.92 Å². The van der Waals surface area contributed by atoms with E-state index in [4.69, 9.17) is 0 Å². The van der Waals surface area contributed by atoms with Gasteiger partial charge >= 0.3 is 0 Å². The van der Waals surface area contributed by atoms with Crippen molar-refractivity contribution in [2.24, 2.45) is 0 Å². The van der Waals surface area contributed by atoms with E-state index in [1.54, 1.807) is 0 Å². The predicted molar refractivity (Wildman–Crippen MR) is 87.7 cm³/mol. The second-order valence-corrected chi connectivity index (χ2v) is 6.73. The molecule has 0 aliphatic carbocycles. The van der Waals surface area contributed by atoms with Crippen LogP contribution in [-0.4, -0.2) is 29.8 Å². The molecule has 116 valence electrons. The van der Waals surface area contributed by atoms with E-state index >= 15 is 0 Å². The maximum Gasteiger partial charge on any atom is 0.0579 e. The molecule has 0 aromatic heterocycles. The van der Waals surface area contributed by atoms with Crippen LogP contribution < -0.4 is 10.2 Å². The van der Waals surface area contributed by atoms with E-state index in [2.05, 4.69) is 42.3 Å². The van der Waals surface area contributed by atoms with Gasteiger partial charge in [0, 0.05) is 24.3 Å². The second-order valence-electron chi connectivity index (χ2n) is 6.73. The van der Waals surface area contributed by atoms with Crippen LogP contribution in [0.15, 0.2) is 18.2 Å². The number of nitrogens with zero attached hydrogens (tertiary/aromatic N) is 1. The number of anilines is 1. The molecule has 3 heteroatoms. The maximum absolute atomic E-state index is 10.0. The fraction of sp³-hybridized carbons (Fsp3) is 0.667. The molecule has 2 aliphatic rings. The molecule has 2 atom stereocenters. The number of nitrogens with one attached hydrogen (secondary N) is 1. The van der Waals surface area contributed by atoms with Gasteiger partial charge in [0.1, 0.15) is 0 Å². The number of fused-ring (bicyclic) bond motifs is 2. The highest BCUT2D eigenvalue weighted by Gasteiger charge is 2.40. The summed E-state index contributed by atoms with van der Waals surface area (Å²) in [4.78, 5) is 2.61. The first-order chi connectivity index (χ1) is 10.2. The maximum atomic E-state index is 10.0. The highest BCUT2D eigenvalue weighted by atomic mass is 16.3. The number of aliphatic hydroxyl groups excluding tert-OH is 1.